The molecule has 0 radical (unpaired) electrons. The Morgan fingerprint density at radius 3 is 2.71 bits per heavy atom. The number of nitrogen functional groups attached to an aromatic ring is 1. The first kappa shape index (κ1) is 13.6. The summed E-state index contributed by atoms with van der Waals surface area (Å²) in [5, 5.41) is 8.05. The highest BCUT2D eigenvalue weighted by molar-refractivity contribution is 7.93. The molecule has 1 rings (SSSR count). The number of sulfonamides is 1. The summed E-state index contributed by atoms with van der Waals surface area (Å²) in [7, 11) is -3.75. The number of nitriles is 1. The monoisotopic (exact) mass is 273 g/mol. The molecule has 1 atom stereocenters. The summed E-state index contributed by atoms with van der Waals surface area (Å²) in [5.74, 6) is 0. The van der Waals surface area contributed by atoms with Crippen LogP contribution in [0.4, 0.5) is 11.4 Å². The van der Waals surface area contributed by atoms with Crippen LogP contribution in [-0.4, -0.2) is 13.7 Å². The van der Waals surface area contributed by atoms with Crippen LogP contribution in [0.5, 0.6) is 0 Å². The molecule has 1 unspecified atom stereocenters. The molecule has 0 heterocycles. The second kappa shape index (κ2) is 5.25. The third-order valence-electron chi connectivity index (χ3n) is 2.16. The van der Waals surface area contributed by atoms with E-state index in [0.29, 0.717) is 5.02 Å². The van der Waals surface area contributed by atoms with E-state index in [4.69, 9.17) is 22.6 Å². The van der Waals surface area contributed by atoms with Crippen LogP contribution in [0.3, 0.4) is 0 Å². The first-order chi connectivity index (χ1) is 7.90. The Bertz CT molecular complexity index is 551. The zero-order valence-electron chi connectivity index (χ0n) is 9.14. The van der Waals surface area contributed by atoms with Crippen molar-refractivity contribution in [3.05, 3.63) is 23.2 Å². The van der Waals surface area contributed by atoms with Crippen molar-refractivity contribution in [3.8, 4) is 6.07 Å². The van der Waals surface area contributed by atoms with Crippen molar-refractivity contribution in [1.82, 2.24) is 0 Å². The number of nitrogens with two attached hydrogens (primary N) is 1. The molecule has 0 saturated heterocycles. The van der Waals surface area contributed by atoms with Crippen molar-refractivity contribution in [2.24, 2.45) is 0 Å². The Balaban J connectivity index is 3.03. The second-order valence-electron chi connectivity index (χ2n) is 3.40. The molecular weight excluding hydrogens is 262 g/mol. The van der Waals surface area contributed by atoms with Crippen LogP contribution < -0.4 is 10.5 Å². The molecule has 0 aliphatic rings. The van der Waals surface area contributed by atoms with E-state index >= 15 is 0 Å². The molecule has 0 bridgehead atoms. The molecule has 7 heteroatoms. The van der Waals surface area contributed by atoms with Crippen molar-refractivity contribution in [2.45, 2.75) is 18.6 Å². The topological polar surface area (TPSA) is 96.0 Å². The maximum atomic E-state index is 11.8. The van der Waals surface area contributed by atoms with E-state index in [-0.39, 0.29) is 17.8 Å². The fourth-order valence-corrected chi connectivity index (χ4v) is 2.62. The number of nitrogens with one attached hydrogen (secondary N) is 1. The highest BCUT2D eigenvalue weighted by atomic mass is 35.5. The van der Waals surface area contributed by atoms with Gasteiger partial charge in [0.15, 0.2) is 5.25 Å². The van der Waals surface area contributed by atoms with Crippen molar-refractivity contribution in [2.75, 3.05) is 10.5 Å². The molecule has 0 spiro atoms. The van der Waals surface area contributed by atoms with E-state index in [1.165, 1.54) is 18.2 Å². The quantitative estimate of drug-likeness (QED) is 0.820. The van der Waals surface area contributed by atoms with E-state index in [1.807, 2.05) is 0 Å². The largest absolute Gasteiger partial charge is 0.397 e. The maximum Gasteiger partial charge on any atom is 0.249 e. The normalized spacial score (nSPS) is 12.8. The van der Waals surface area contributed by atoms with Gasteiger partial charge in [-0.15, -0.1) is 0 Å². The predicted molar refractivity (Wildman–Crippen MR) is 68.1 cm³/mol. The zero-order chi connectivity index (χ0) is 13.1. The number of rotatable bonds is 4. The smallest absolute Gasteiger partial charge is 0.249 e. The summed E-state index contributed by atoms with van der Waals surface area (Å²) in [6, 6.07) is 6.14. The number of benzene rings is 1. The van der Waals surface area contributed by atoms with Crippen LogP contribution in [0.15, 0.2) is 18.2 Å². The molecule has 0 aliphatic heterocycles. The average molecular weight is 274 g/mol. The van der Waals surface area contributed by atoms with Gasteiger partial charge in [-0.05, 0) is 24.6 Å². The lowest BCUT2D eigenvalue weighted by Crippen LogP contribution is -2.26. The molecule has 1 aromatic rings. The van der Waals surface area contributed by atoms with Crippen molar-refractivity contribution < 1.29 is 8.42 Å². The van der Waals surface area contributed by atoms with Gasteiger partial charge in [0.2, 0.25) is 10.0 Å². The van der Waals surface area contributed by atoms with Crippen LogP contribution in [0.25, 0.3) is 0 Å². The van der Waals surface area contributed by atoms with Crippen LogP contribution in [0.2, 0.25) is 5.02 Å². The third-order valence-corrected chi connectivity index (χ3v) is 4.08. The van der Waals surface area contributed by atoms with Gasteiger partial charge in [0.05, 0.1) is 17.4 Å². The lowest BCUT2D eigenvalue weighted by atomic mass is 10.3. The summed E-state index contributed by atoms with van der Waals surface area (Å²) < 4.78 is 25.8. The highest BCUT2D eigenvalue weighted by Crippen LogP contribution is 2.24. The molecule has 0 saturated carbocycles. The Labute approximate surface area is 105 Å². The zero-order valence-corrected chi connectivity index (χ0v) is 10.7. The number of nitrogens with zero attached hydrogens (tertiary/aromatic N) is 1. The Morgan fingerprint density at radius 1 is 1.59 bits per heavy atom. The summed E-state index contributed by atoms with van der Waals surface area (Å²) in [6.45, 7) is 1.62. The van der Waals surface area contributed by atoms with Crippen molar-refractivity contribution in [1.29, 1.82) is 5.26 Å². The lowest BCUT2D eigenvalue weighted by Gasteiger charge is -2.12. The van der Waals surface area contributed by atoms with Gasteiger partial charge in [0.25, 0.3) is 0 Å². The van der Waals surface area contributed by atoms with Gasteiger partial charge in [0.1, 0.15) is 0 Å². The van der Waals surface area contributed by atoms with Crippen LogP contribution in [0, 0.1) is 11.3 Å². The molecule has 0 fully saturated rings. The molecule has 0 amide bonds. The lowest BCUT2D eigenvalue weighted by molar-refractivity contribution is 0.593. The Kier molecular flexibility index (Phi) is 4.21. The molecule has 1 aromatic carbocycles. The summed E-state index contributed by atoms with van der Waals surface area (Å²) >= 11 is 5.70. The minimum atomic E-state index is -3.75. The molecule has 3 N–H and O–H groups in total. The first-order valence-corrected chi connectivity index (χ1v) is 6.79. The SMILES string of the molecule is CCC(C#N)S(=O)(=O)Nc1ccc(Cl)cc1N. The van der Waals surface area contributed by atoms with Crippen LogP contribution in [0.1, 0.15) is 13.3 Å². The van der Waals surface area contributed by atoms with E-state index < -0.39 is 15.3 Å². The van der Waals surface area contributed by atoms with Gasteiger partial charge in [0, 0.05) is 5.02 Å². The first-order valence-electron chi connectivity index (χ1n) is 4.87. The average Bonchev–Trinajstić information content (AvgIpc) is 2.23. The van der Waals surface area contributed by atoms with E-state index in [9.17, 15) is 8.42 Å². The van der Waals surface area contributed by atoms with Crippen LogP contribution in [-0.2, 0) is 10.0 Å². The van der Waals surface area contributed by atoms with Gasteiger partial charge >= 0.3 is 0 Å². The van der Waals surface area contributed by atoms with E-state index in [2.05, 4.69) is 4.72 Å². The second-order valence-corrected chi connectivity index (χ2v) is 5.70. The fraction of sp³-hybridized carbons (Fsp3) is 0.300. The van der Waals surface area contributed by atoms with Gasteiger partial charge in [-0.1, -0.05) is 18.5 Å². The number of hydrogen-bond acceptors (Lipinski definition) is 4. The summed E-state index contributed by atoms with van der Waals surface area (Å²) in [5.41, 5.74) is 6.06. The summed E-state index contributed by atoms with van der Waals surface area (Å²) in [6.07, 6.45) is 0.208. The molecule has 5 nitrogen and oxygen atoms in total. The summed E-state index contributed by atoms with van der Waals surface area (Å²) in [4.78, 5) is 0. The molecule has 17 heavy (non-hydrogen) atoms. The van der Waals surface area contributed by atoms with E-state index in [0.717, 1.165) is 0 Å². The number of hydrogen-bond donors (Lipinski definition) is 2. The van der Waals surface area contributed by atoms with Gasteiger partial charge < -0.3 is 5.73 Å². The predicted octanol–water partition coefficient (Wildman–Crippen LogP) is 1.97. The standard InChI is InChI=1S/C10H12ClN3O2S/c1-2-8(6-12)17(15,16)14-10-4-3-7(11)5-9(10)13/h3-5,8,14H,2,13H2,1H3. The Morgan fingerprint density at radius 2 is 2.24 bits per heavy atom. The molecular formula is C10H12ClN3O2S. The minimum absolute atomic E-state index is 0.208. The molecule has 0 aromatic heterocycles. The Hall–Kier alpha value is -1.45. The molecule has 92 valence electrons. The molecule has 0 aliphatic carbocycles. The van der Waals surface area contributed by atoms with Gasteiger partial charge in [-0.25, -0.2) is 8.42 Å². The highest BCUT2D eigenvalue weighted by Gasteiger charge is 2.23. The van der Waals surface area contributed by atoms with Crippen molar-refractivity contribution >= 4 is 33.0 Å². The third kappa shape index (κ3) is 3.25. The van der Waals surface area contributed by atoms with Crippen LogP contribution >= 0.6 is 11.6 Å². The van der Waals surface area contributed by atoms with Gasteiger partial charge in [-0.2, -0.15) is 5.26 Å². The number of anilines is 2. The van der Waals surface area contributed by atoms with Crippen molar-refractivity contribution in [3.63, 3.8) is 0 Å². The maximum absolute atomic E-state index is 11.8. The fourth-order valence-electron chi connectivity index (χ4n) is 1.23. The minimum Gasteiger partial charge on any atom is -0.397 e. The number of halogens is 1. The van der Waals surface area contributed by atoms with Gasteiger partial charge in [-0.3, -0.25) is 4.72 Å². The van der Waals surface area contributed by atoms with E-state index in [1.54, 1.807) is 13.0 Å².